The molecule has 2 atom stereocenters. The smallest absolute Gasteiger partial charge is 0.0408 e. The summed E-state index contributed by atoms with van der Waals surface area (Å²) in [6, 6.07) is 11.8. The van der Waals surface area contributed by atoms with Crippen LogP contribution in [0.3, 0.4) is 0 Å². The van der Waals surface area contributed by atoms with Crippen LogP contribution in [-0.2, 0) is 12.8 Å². The van der Waals surface area contributed by atoms with E-state index in [-0.39, 0.29) is 0 Å². The minimum atomic E-state index is 0.485. The Labute approximate surface area is 130 Å². The highest BCUT2D eigenvalue weighted by Gasteiger charge is 2.23. The maximum Gasteiger partial charge on any atom is 0.0408 e. The van der Waals surface area contributed by atoms with Crippen molar-refractivity contribution in [3.63, 3.8) is 0 Å². The summed E-state index contributed by atoms with van der Waals surface area (Å²) < 4.78 is 0. The second kappa shape index (κ2) is 5.88. The zero-order valence-corrected chi connectivity index (χ0v) is 13.5. The average molecular weight is 306 g/mol. The van der Waals surface area contributed by atoms with E-state index in [2.05, 4.69) is 43.4 Å². The third-order valence-corrected chi connectivity index (χ3v) is 5.23. The number of hydrogen-bond donors (Lipinski definition) is 1. The van der Waals surface area contributed by atoms with Gasteiger partial charge in [0.05, 0.1) is 0 Å². The van der Waals surface area contributed by atoms with Crippen LogP contribution in [0.2, 0.25) is 5.02 Å². The summed E-state index contributed by atoms with van der Waals surface area (Å²) >= 11 is 7.97. The summed E-state index contributed by atoms with van der Waals surface area (Å²) in [7, 11) is 0. The quantitative estimate of drug-likeness (QED) is 0.845. The third-order valence-electron chi connectivity index (χ3n) is 3.97. The van der Waals surface area contributed by atoms with Gasteiger partial charge < -0.3 is 5.32 Å². The van der Waals surface area contributed by atoms with E-state index >= 15 is 0 Å². The molecule has 0 saturated carbocycles. The van der Waals surface area contributed by atoms with Gasteiger partial charge in [-0.2, -0.15) is 0 Å². The van der Waals surface area contributed by atoms with Crippen LogP contribution in [0.5, 0.6) is 0 Å². The standard InChI is InChI=1S/C17H20ClNS/c1-11(9-15-6-3-12(2)20-15)19-17-8-4-13-10-14(18)5-7-16(13)17/h3,5-7,10-11,17,19H,4,8-9H2,1-2H3. The van der Waals surface area contributed by atoms with Gasteiger partial charge in [-0.3, -0.25) is 0 Å². The molecule has 0 saturated heterocycles. The van der Waals surface area contributed by atoms with Crippen LogP contribution in [0, 0.1) is 6.92 Å². The lowest BCUT2D eigenvalue weighted by molar-refractivity contribution is 0.453. The minimum absolute atomic E-state index is 0.485. The first-order valence-electron chi connectivity index (χ1n) is 7.21. The number of benzene rings is 1. The SMILES string of the molecule is Cc1ccc(CC(C)NC2CCc3cc(Cl)ccc32)s1. The van der Waals surface area contributed by atoms with Crippen LogP contribution >= 0.6 is 22.9 Å². The van der Waals surface area contributed by atoms with E-state index in [1.807, 2.05) is 17.4 Å². The molecule has 0 aliphatic heterocycles. The Morgan fingerprint density at radius 3 is 2.95 bits per heavy atom. The van der Waals surface area contributed by atoms with Crippen molar-refractivity contribution >= 4 is 22.9 Å². The van der Waals surface area contributed by atoms with Crippen molar-refractivity contribution in [1.29, 1.82) is 0 Å². The van der Waals surface area contributed by atoms with Gasteiger partial charge in [0.25, 0.3) is 0 Å². The largest absolute Gasteiger partial charge is 0.307 e. The first kappa shape index (κ1) is 14.1. The molecule has 2 aromatic rings. The van der Waals surface area contributed by atoms with E-state index in [9.17, 15) is 0 Å². The summed E-state index contributed by atoms with van der Waals surface area (Å²) in [5.41, 5.74) is 2.85. The third kappa shape index (κ3) is 3.08. The summed E-state index contributed by atoms with van der Waals surface area (Å²) in [4.78, 5) is 2.87. The Kier molecular flexibility index (Phi) is 4.16. The molecule has 0 fully saturated rings. The average Bonchev–Trinajstić information content (AvgIpc) is 2.96. The number of hydrogen-bond acceptors (Lipinski definition) is 2. The first-order valence-corrected chi connectivity index (χ1v) is 8.41. The Hall–Kier alpha value is -0.830. The monoisotopic (exact) mass is 305 g/mol. The van der Waals surface area contributed by atoms with Crippen LogP contribution in [-0.4, -0.2) is 6.04 Å². The molecule has 1 aromatic carbocycles. The molecule has 0 bridgehead atoms. The molecule has 1 heterocycles. The van der Waals surface area contributed by atoms with E-state index in [0.29, 0.717) is 12.1 Å². The van der Waals surface area contributed by atoms with Crippen molar-refractivity contribution < 1.29 is 0 Å². The van der Waals surface area contributed by atoms with Crippen molar-refractivity contribution in [2.75, 3.05) is 0 Å². The number of aryl methyl sites for hydroxylation is 2. The highest BCUT2D eigenvalue weighted by atomic mass is 35.5. The molecule has 3 rings (SSSR count). The number of thiophene rings is 1. The molecule has 0 spiro atoms. The molecule has 1 aliphatic carbocycles. The van der Waals surface area contributed by atoms with Crippen LogP contribution < -0.4 is 5.32 Å². The second-order valence-corrected chi connectivity index (χ2v) is 7.53. The van der Waals surface area contributed by atoms with E-state index < -0.39 is 0 Å². The summed E-state index contributed by atoms with van der Waals surface area (Å²) in [6.07, 6.45) is 3.43. The molecule has 0 radical (unpaired) electrons. The summed E-state index contributed by atoms with van der Waals surface area (Å²) in [5.74, 6) is 0. The Bertz CT molecular complexity index is 605. The summed E-state index contributed by atoms with van der Waals surface area (Å²) in [6.45, 7) is 4.45. The zero-order valence-electron chi connectivity index (χ0n) is 11.9. The van der Waals surface area contributed by atoms with E-state index in [4.69, 9.17) is 11.6 Å². The molecule has 1 aromatic heterocycles. The van der Waals surface area contributed by atoms with Crippen LogP contribution in [0.15, 0.2) is 30.3 Å². The van der Waals surface area contributed by atoms with Gasteiger partial charge in [0.2, 0.25) is 0 Å². The number of halogens is 1. The van der Waals surface area contributed by atoms with Gasteiger partial charge >= 0.3 is 0 Å². The van der Waals surface area contributed by atoms with E-state index in [1.54, 1.807) is 0 Å². The molecule has 2 unspecified atom stereocenters. The first-order chi connectivity index (χ1) is 9.61. The Morgan fingerprint density at radius 2 is 2.20 bits per heavy atom. The molecular weight excluding hydrogens is 286 g/mol. The molecular formula is C17H20ClNS. The maximum absolute atomic E-state index is 6.07. The molecule has 0 amide bonds. The van der Waals surface area contributed by atoms with Gasteiger partial charge in [-0.05, 0) is 68.5 Å². The predicted molar refractivity (Wildman–Crippen MR) is 87.9 cm³/mol. The van der Waals surface area contributed by atoms with Crippen molar-refractivity contribution in [2.24, 2.45) is 0 Å². The molecule has 106 valence electrons. The highest BCUT2D eigenvalue weighted by molar-refractivity contribution is 7.11. The van der Waals surface area contributed by atoms with Crippen LogP contribution in [0.4, 0.5) is 0 Å². The molecule has 20 heavy (non-hydrogen) atoms. The fourth-order valence-corrected chi connectivity index (χ4v) is 4.27. The van der Waals surface area contributed by atoms with Crippen molar-refractivity contribution in [1.82, 2.24) is 5.32 Å². The zero-order chi connectivity index (χ0) is 14.1. The topological polar surface area (TPSA) is 12.0 Å². The number of fused-ring (bicyclic) bond motifs is 1. The van der Waals surface area contributed by atoms with Gasteiger partial charge in [0, 0.05) is 26.9 Å². The fraction of sp³-hybridized carbons (Fsp3) is 0.412. The van der Waals surface area contributed by atoms with Gasteiger partial charge in [0.1, 0.15) is 0 Å². The van der Waals surface area contributed by atoms with Gasteiger partial charge in [-0.1, -0.05) is 17.7 Å². The molecule has 1 nitrogen and oxygen atoms in total. The number of rotatable bonds is 4. The molecule has 3 heteroatoms. The molecule has 1 N–H and O–H groups in total. The number of nitrogens with one attached hydrogen (secondary N) is 1. The van der Waals surface area contributed by atoms with Crippen molar-refractivity contribution in [2.45, 2.75) is 45.2 Å². The maximum atomic E-state index is 6.07. The lowest BCUT2D eigenvalue weighted by Crippen LogP contribution is -2.30. The van der Waals surface area contributed by atoms with Crippen molar-refractivity contribution in [3.8, 4) is 0 Å². The van der Waals surface area contributed by atoms with Crippen LogP contribution in [0.1, 0.15) is 40.3 Å². The lowest BCUT2D eigenvalue weighted by atomic mass is 10.1. The second-order valence-electron chi connectivity index (χ2n) is 5.72. The van der Waals surface area contributed by atoms with Gasteiger partial charge in [-0.25, -0.2) is 0 Å². The lowest BCUT2D eigenvalue weighted by Gasteiger charge is -2.20. The van der Waals surface area contributed by atoms with Gasteiger partial charge in [-0.15, -0.1) is 11.3 Å². The fourth-order valence-electron chi connectivity index (χ4n) is 3.06. The minimum Gasteiger partial charge on any atom is -0.307 e. The van der Waals surface area contributed by atoms with Gasteiger partial charge in [0.15, 0.2) is 0 Å². The highest BCUT2D eigenvalue weighted by Crippen LogP contribution is 2.33. The predicted octanol–water partition coefficient (Wildman–Crippen LogP) is 4.92. The van der Waals surface area contributed by atoms with Crippen LogP contribution in [0.25, 0.3) is 0 Å². The summed E-state index contributed by atoms with van der Waals surface area (Å²) in [5, 5.41) is 4.63. The van der Waals surface area contributed by atoms with E-state index in [0.717, 1.165) is 17.9 Å². The van der Waals surface area contributed by atoms with Crippen molar-refractivity contribution in [3.05, 3.63) is 56.2 Å². The van der Waals surface area contributed by atoms with E-state index in [1.165, 1.54) is 27.3 Å². The Balaban J connectivity index is 1.65. The molecule has 1 aliphatic rings. The Morgan fingerprint density at radius 1 is 1.35 bits per heavy atom. The normalized spacial score (nSPS) is 19.1.